The minimum atomic E-state index is -0.398. The van der Waals surface area contributed by atoms with Crippen LogP contribution in [0, 0.1) is 17.2 Å². The van der Waals surface area contributed by atoms with E-state index in [1.807, 2.05) is 6.92 Å². The Kier molecular flexibility index (Phi) is 8.29. The predicted molar refractivity (Wildman–Crippen MR) is 88.1 cm³/mol. The van der Waals surface area contributed by atoms with Gasteiger partial charge in [0.05, 0.1) is 12.2 Å². The van der Waals surface area contributed by atoms with Gasteiger partial charge in [-0.1, -0.05) is 26.2 Å². The van der Waals surface area contributed by atoms with Gasteiger partial charge in [0.15, 0.2) is 0 Å². The van der Waals surface area contributed by atoms with Gasteiger partial charge in [0.25, 0.3) is 0 Å². The van der Waals surface area contributed by atoms with Gasteiger partial charge in [-0.15, -0.1) is 0 Å². The number of ether oxygens (including phenoxy) is 1. The van der Waals surface area contributed by atoms with Crippen molar-refractivity contribution >= 4 is 0 Å². The van der Waals surface area contributed by atoms with E-state index in [-0.39, 0.29) is 0 Å². The van der Waals surface area contributed by atoms with Crippen LogP contribution in [0.15, 0.2) is 0 Å². The van der Waals surface area contributed by atoms with Gasteiger partial charge in [-0.05, 0) is 58.8 Å². The van der Waals surface area contributed by atoms with Crippen LogP contribution < -0.4 is 5.32 Å². The number of nitriles is 1. The first-order valence-corrected chi connectivity index (χ1v) is 8.81. The highest BCUT2D eigenvalue weighted by atomic mass is 16.5. The first kappa shape index (κ1) is 18.5. The molecule has 0 spiro atoms. The molecule has 122 valence electrons. The van der Waals surface area contributed by atoms with E-state index in [1.165, 1.54) is 32.1 Å². The maximum atomic E-state index is 9.32. The van der Waals surface area contributed by atoms with Crippen LogP contribution in [0.2, 0.25) is 0 Å². The summed E-state index contributed by atoms with van der Waals surface area (Å²) in [6, 6.07) is 2.76. The summed E-state index contributed by atoms with van der Waals surface area (Å²) in [6.07, 6.45) is 10.0. The average Bonchev–Trinajstić information content (AvgIpc) is 2.46. The highest BCUT2D eigenvalue weighted by Gasteiger charge is 2.25. The number of unbranched alkanes of at least 4 members (excludes halogenated alkanes) is 1. The van der Waals surface area contributed by atoms with Gasteiger partial charge >= 0.3 is 0 Å². The van der Waals surface area contributed by atoms with Crippen molar-refractivity contribution < 1.29 is 4.74 Å². The van der Waals surface area contributed by atoms with Crippen LogP contribution in [0.3, 0.4) is 0 Å². The lowest BCUT2D eigenvalue weighted by atomic mass is 9.85. The van der Waals surface area contributed by atoms with E-state index in [0.29, 0.717) is 12.1 Å². The largest absolute Gasteiger partial charge is 0.378 e. The second-order valence-electron chi connectivity index (χ2n) is 7.06. The molecule has 0 bridgehead atoms. The minimum Gasteiger partial charge on any atom is -0.378 e. The van der Waals surface area contributed by atoms with E-state index in [0.717, 1.165) is 31.8 Å². The molecule has 21 heavy (non-hydrogen) atoms. The van der Waals surface area contributed by atoms with Crippen LogP contribution >= 0.6 is 0 Å². The highest BCUT2D eigenvalue weighted by molar-refractivity contribution is 5.04. The minimum absolute atomic E-state index is 0.346. The summed E-state index contributed by atoms with van der Waals surface area (Å²) >= 11 is 0. The summed E-state index contributed by atoms with van der Waals surface area (Å²) in [7, 11) is 0. The lowest BCUT2D eigenvalue weighted by molar-refractivity contribution is -0.0137. The zero-order valence-electron chi connectivity index (χ0n) is 14.5. The van der Waals surface area contributed by atoms with E-state index in [4.69, 9.17) is 4.74 Å². The van der Waals surface area contributed by atoms with Crippen LogP contribution in [0.4, 0.5) is 0 Å². The molecule has 1 saturated carbocycles. The fourth-order valence-corrected chi connectivity index (χ4v) is 3.47. The molecule has 1 aliphatic rings. The quantitative estimate of drug-likeness (QED) is 0.640. The van der Waals surface area contributed by atoms with E-state index >= 15 is 0 Å². The molecule has 0 saturated heterocycles. The molecular formula is C18H34N2O. The Morgan fingerprint density at radius 2 is 2.00 bits per heavy atom. The number of hydrogen-bond donors (Lipinski definition) is 1. The molecule has 1 rings (SSSR count). The van der Waals surface area contributed by atoms with Crippen molar-refractivity contribution in [3.05, 3.63) is 0 Å². The molecule has 3 unspecified atom stereocenters. The Hall–Kier alpha value is -0.590. The van der Waals surface area contributed by atoms with E-state index < -0.39 is 5.54 Å². The molecular weight excluding hydrogens is 260 g/mol. The van der Waals surface area contributed by atoms with Crippen molar-refractivity contribution in [3.63, 3.8) is 0 Å². The van der Waals surface area contributed by atoms with Gasteiger partial charge in [-0.2, -0.15) is 5.26 Å². The van der Waals surface area contributed by atoms with Gasteiger partial charge in [0.2, 0.25) is 0 Å². The van der Waals surface area contributed by atoms with Crippen molar-refractivity contribution in [2.24, 2.45) is 5.92 Å². The molecule has 3 atom stereocenters. The van der Waals surface area contributed by atoms with Crippen molar-refractivity contribution in [3.8, 4) is 6.07 Å². The molecule has 3 heteroatoms. The third-order valence-corrected chi connectivity index (χ3v) is 4.62. The van der Waals surface area contributed by atoms with Crippen molar-refractivity contribution in [2.45, 2.75) is 96.7 Å². The fourth-order valence-electron chi connectivity index (χ4n) is 3.47. The molecule has 3 nitrogen and oxygen atoms in total. The summed E-state index contributed by atoms with van der Waals surface area (Å²) in [6.45, 7) is 9.31. The second kappa shape index (κ2) is 9.43. The van der Waals surface area contributed by atoms with Crippen molar-refractivity contribution in [1.82, 2.24) is 5.32 Å². The van der Waals surface area contributed by atoms with Gasteiger partial charge < -0.3 is 4.74 Å². The maximum Gasteiger partial charge on any atom is 0.104 e. The summed E-state index contributed by atoms with van der Waals surface area (Å²) < 4.78 is 6.11. The van der Waals surface area contributed by atoms with Crippen LogP contribution in [0.25, 0.3) is 0 Å². The molecule has 1 N–H and O–H groups in total. The Morgan fingerprint density at radius 1 is 1.29 bits per heavy atom. The van der Waals surface area contributed by atoms with Gasteiger partial charge in [0.1, 0.15) is 5.54 Å². The van der Waals surface area contributed by atoms with Crippen molar-refractivity contribution in [1.29, 1.82) is 5.26 Å². The second-order valence-corrected chi connectivity index (χ2v) is 7.06. The Morgan fingerprint density at radius 3 is 2.62 bits per heavy atom. The average molecular weight is 294 g/mol. The molecule has 1 aliphatic carbocycles. The molecule has 0 amide bonds. The maximum absolute atomic E-state index is 9.32. The number of nitrogens with zero attached hydrogens (tertiary/aromatic N) is 1. The zero-order valence-corrected chi connectivity index (χ0v) is 14.5. The summed E-state index contributed by atoms with van der Waals surface area (Å²) in [5.74, 6) is 0.769. The Balaban J connectivity index is 2.20. The molecule has 0 radical (unpaired) electrons. The van der Waals surface area contributed by atoms with Gasteiger partial charge in [-0.3, -0.25) is 5.32 Å². The van der Waals surface area contributed by atoms with Gasteiger partial charge in [0, 0.05) is 12.6 Å². The highest BCUT2D eigenvalue weighted by Crippen LogP contribution is 2.29. The Bertz CT molecular complexity index is 324. The fraction of sp³-hybridized carbons (Fsp3) is 0.944. The normalized spacial score (nSPS) is 25.5. The SMILES string of the molecule is CCC1CCCCC1OCCCCC(C)(C#N)NC(C)C. The molecule has 0 heterocycles. The number of nitrogens with one attached hydrogen (secondary N) is 1. The van der Waals surface area contributed by atoms with Crippen LogP contribution in [0.5, 0.6) is 0 Å². The van der Waals surface area contributed by atoms with Crippen LogP contribution in [-0.4, -0.2) is 24.3 Å². The number of hydrogen-bond acceptors (Lipinski definition) is 3. The lowest BCUT2D eigenvalue weighted by Gasteiger charge is -2.31. The zero-order chi connectivity index (χ0) is 15.7. The molecule has 0 aliphatic heterocycles. The summed E-state index contributed by atoms with van der Waals surface area (Å²) in [4.78, 5) is 0. The van der Waals surface area contributed by atoms with E-state index in [1.54, 1.807) is 0 Å². The molecule has 1 fully saturated rings. The first-order chi connectivity index (χ1) is 10.0. The van der Waals surface area contributed by atoms with Crippen LogP contribution in [0.1, 0.15) is 79.1 Å². The van der Waals surface area contributed by atoms with Gasteiger partial charge in [-0.25, -0.2) is 0 Å². The van der Waals surface area contributed by atoms with Crippen LogP contribution in [-0.2, 0) is 4.74 Å². The topological polar surface area (TPSA) is 45.0 Å². The predicted octanol–water partition coefficient (Wildman–Crippen LogP) is 4.42. The summed E-state index contributed by atoms with van der Waals surface area (Å²) in [5.41, 5.74) is -0.398. The van der Waals surface area contributed by atoms with E-state index in [2.05, 4.69) is 32.2 Å². The standard InChI is InChI=1S/C18H34N2O/c1-5-16-10-6-7-11-17(16)21-13-9-8-12-18(4,14-19)20-15(2)3/h15-17,20H,5-13H2,1-4H3. The van der Waals surface area contributed by atoms with E-state index in [9.17, 15) is 5.26 Å². The Labute approximate surface area is 131 Å². The molecule has 0 aromatic heterocycles. The smallest absolute Gasteiger partial charge is 0.104 e. The third-order valence-electron chi connectivity index (χ3n) is 4.62. The lowest BCUT2D eigenvalue weighted by Crippen LogP contribution is -2.44. The monoisotopic (exact) mass is 294 g/mol. The summed E-state index contributed by atoms with van der Waals surface area (Å²) in [5, 5.41) is 12.7. The number of rotatable bonds is 9. The molecule has 0 aromatic rings. The molecule has 0 aromatic carbocycles. The third kappa shape index (κ3) is 6.80. The first-order valence-electron chi connectivity index (χ1n) is 8.81. The van der Waals surface area contributed by atoms with Crippen molar-refractivity contribution in [2.75, 3.05) is 6.61 Å².